The lowest BCUT2D eigenvalue weighted by Gasteiger charge is -2.11. The van der Waals surface area contributed by atoms with Crippen molar-refractivity contribution in [1.82, 2.24) is 14.8 Å². The molecule has 0 saturated carbocycles. The van der Waals surface area contributed by atoms with Crippen molar-refractivity contribution in [3.8, 4) is 0 Å². The number of primary amides is 1. The van der Waals surface area contributed by atoms with E-state index in [4.69, 9.17) is 17.3 Å². The molecule has 1 atom stereocenters. The largest absolute Gasteiger partial charge is 0.370 e. The standard InChI is InChI=1S/C15H18ClN5O2S/c1-9(14(23)18-11-5-3-4-10(16)8-11)24-15-20-19-13(21(15)2)7-6-12(17)22/h3-5,8-9H,6-7H2,1-2H3,(H2,17,22)(H,18,23)/t9-/m0/s1. The summed E-state index contributed by atoms with van der Waals surface area (Å²) in [6, 6.07) is 6.96. The summed E-state index contributed by atoms with van der Waals surface area (Å²) in [4.78, 5) is 23.1. The van der Waals surface area contributed by atoms with Gasteiger partial charge in [0.15, 0.2) is 5.16 Å². The number of halogens is 1. The molecule has 128 valence electrons. The lowest BCUT2D eigenvalue weighted by molar-refractivity contribution is -0.118. The molecule has 0 aliphatic heterocycles. The number of nitrogens with one attached hydrogen (secondary N) is 1. The third-order valence-electron chi connectivity index (χ3n) is 3.26. The molecule has 2 amide bonds. The van der Waals surface area contributed by atoms with Gasteiger partial charge in [-0.05, 0) is 25.1 Å². The Morgan fingerprint density at radius 1 is 1.42 bits per heavy atom. The average Bonchev–Trinajstić information content (AvgIpc) is 2.85. The molecule has 0 saturated heterocycles. The van der Waals surface area contributed by atoms with Crippen molar-refractivity contribution in [2.45, 2.75) is 30.2 Å². The molecule has 0 bridgehead atoms. The Kier molecular flexibility index (Phi) is 6.22. The maximum atomic E-state index is 12.3. The third kappa shape index (κ3) is 4.97. The van der Waals surface area contributed by atoms with Crippen LogP contribution in [0.25, 0.3) is 0 Å². The van der Waals surface area contributed by atoms with Crippen molar-refractivity contribution in [1.29, 1.82) is 0 Å². The number of carbonyl (C=O) groups is 2. The summed E-state index contributed by atoms with van der Waals surface area (Å²) in [5.41, 5.74) is 5.78. The Bertz CT molecular complexity index is 749. The summed E-state index contributed by atoms with van der Waals surface area (Å²) in [6.45, 7) is 1.78. The number of rotatable bonds is 7. The second-order valence-electron chi connectivity index (χ2n) is 5.18. The molecule has 7 nitrogen and oxygen atoms in total. The van der Waals surface area contributed by atoms with Crippen molar-refractivity contribution < 1.29 is 9.59 Å². The number of aromatic nitrogens is 3. The van der Waals surface area contributed by atoms with Crippen molar-refractivity contribution in [2.24, 2.45) is 12.8 Å². The minimum Gasteiger partial charge on any atom is -0.370 e. The zero-order valence-electron chi connectivity index (χ0n) is 13.3. The minimum absolute atomic E-state index is 0.163. The molecule has 0 fully saturated rings. The van der Waals surface area contributed by atoms with Gasteiger partial charge in [-0.2, -0.15) is 0 Å². The van der Waals surface area contributed by atoms with Crippen LogP contribution >= 0.6 is 23.4 Å². The second kappa shape index (κ2) is 8.16. The quantitative estimate of drug-likeness (QED) is 0.728. The number of thioether (sulfide) groups is 1. The van der Waals surface area contributed by atoms with Crippen molar-refractivity contribution in [3.05, 3.63) is 35.1 Å². The lowest BCUT2D eigenvalue weighted by atomic mass is 10.3. The normalized spacial score (nSPS) is 12.0. The Morgan fingerprint density at radius 2 is 2.17 bits per heavy atom. The monoisotopic (exact) mass is 367 g/mol. The highest BCUT2D eigenvalue weighted by atomic mass is 35.5. The highest BCUT2D eigenvalue weighted by Crippen LogP contribution is 2.23. The molecule has 9 heteroatoms. The fourth-order valence-electron chi connectivity index (χ4n) is 1.92. The van der Waals surface area contributed by atoms with E-state index < -0.39 is 0 Å². The summed E-state index contributed by atoms with van der Waals surface area (Å²) >= 11 is 7.19. The first kappa shape index (κ1) is 18.3. The minimum atomic E-state index is -0.388. The zero-order chi connectivity index (χ0) is 17.7. The summed E-state index contributed by atoms with van der Waals surface area (Å²) in [6.07, 6.45) is 0.629. The molecule has 0 radical (unpaired) electrons. The van der Waals surface area contributed by atoms with Gasteiger partial charge in [0.1, 0.15) is 5.82 Å². The Hall–Kier alpha value is -2.06. The molecule has 0 aliphatic carbocycles. The lowest BCUT2D eigenvalue weighted by Crippen LogP contribution is -2.22. The van der Waals surface area contributed by atoms with Crippen LogP contribution in [0.3, 0.4) is 0 Å². The van der Waals surface area contributed by atoms with Gasteiger partial charge < -0.3 is 15.6 Å². The molecule has 0 spiro atoms. The van der Waals surface area contributed by atoms with Crippen LogP contribution in [0.2, 0.25) is 5.02 Å². The number of nitrogens with two attached hydrogens (primary N) is 1. The van der Waals surface area contributed by atoms with E-state index in [1.807, 2.05) is 0 Å². The van der Waals surface area contributed by atoms with E-state index in [1.54, 1.807) is 42.8 Å². The van der Waals surface area contributed by atoms with Crippen LogP contribution in [0.5, 0.6) is 0 Å². The van der Waals surface area contributed by atoms with Gasteiger partial charge in [-0.25, -0.2) is 0 Å². The van der Waals surface area contributed by atoms with Crippen LogP contribution in [0, 0.1) is 0 Å². The van der Waals surface area contributed by atoms with E-state index in [-0.39, 0.29) is 23.5 Å². The molecule has 2 rings (SSSR count). The predicted molar refractivity (Wildman–Crippen MR) is 93.9 cm³/mol. The topological polar surface area (TPSA) is 103 Å². The summed E-state index contributed by atoms with van der Waals surface area (Å²) in [5.74, 6) is 0.101. The molecular formula is C15H18ClN5O2S. The van der Waals surface area contributed by atoms with Crippen LogP contribution < -0.4 is 11.1 Å². The van der Waals surface area contributed by atoms with Gasteiger partial charge in [0.05, 0.1) is 5.25 Å². The second-order valence-corrected chi connectivity index (χ2v) is 6.93. The van der Waals surface area contributed by atoms with E-state index in [1.165, 1.54) is 11.8 Å². The maximum Gasteiger partial charge on any atom is 0.237 e. The molecule has 24 heavy (non-hydrogen) atoms. The van der Waals surface area contributed by atoms with Crippen LogP contribution in [0.4, 0.5) is 5.69 Å². The zero-order valence-corrected chi connectivity index (χ0v) is 14.9. The molecule has 1 aromatic heterocycles. The molecule has 3 N–H and O–H groups in total. The SMILES string of the molecule is C[C@H](Sc1nnc(CCC(N)=O)n1C)C(=O)Nc1cccc(Cl)c1. The fourth-order valence-corrected chi connectivity index (χ4v) is 2.95. The number of hydrogen-bond donors (Lipinski definition) is 2. The van der Waals surface area contributed by atoms with Gasteiger partial charge in [0.25, 0.3) is 0 Å². The van der Waals surface area contributed by atoms with Crippen LogP contribution in [0.1, 0.15) is 19.2 Å². The van der Waals surface area contributed by atoms with E-state index in [2.05, 4.69) is 15.5 Å². The van der Waals surface area contributed by atoms with Crippen LogP contribution in [0.15, 0.2) is 29.4 Å². The summed E-state index contributed by atoms with van der Waals surface area (Å²) in [7, 11) is 1.79. The number of anilines is 1. The Morgan fingerprint density at radius 3 is 2.83 bits per heavy atom. The molecule has 0 aliphatic rings. The molecule has 2 aromatic rings. The number of benzene rings is 1. The summed E-state index contributed by atoms with van der Waals surface area (Å²) < 4.78 is 1.76. The Labute approximate surface area is 149 Å². The maximum absolute atomic E-state index is 12.3. The van der Waals surface area contributed by atoms with Gasteiger partial charge in [-0.1, -0.05) is 29.4 Å². The molecular weight excluding hydrogens is 350 g/mol. The number of aryl methyl sites for hydroxylation is 1. The number of nitrogens with zero attached hydrogens (tertiary/aromatic N) is 3. The highest BCUT2D eigenvalue weighted by Gasteiger charge is 2.19. The predicted octanol–water partition coefficient (Wildman–Crippen LogP) is 2.01. The van der Waals surface area contributed by atoms with Gasteiger partial charge in [0.2, 0.25) is 11.8 Å². The summed E-state index contributed by atoms with van der Waals surface area (Å²) in [5, 5.41) is 11.7. The van der Waals surface area contributed by atoms with E-state index in [0.29, 0.717) is 28.1 Å². The first-order chi connectivity index (χ1) is 11.4. The van der Waals surface area contributed by atoms with Gasteiger partial charge in [-0.3, -0.25) is 9.59 Å². The molecule has 0 unspecified atom stereocenters. The van der Waals surface area contributed by atoms with Crippen molar-refractivity contribution >= 4 is 40.9 Å². The molecule has 1 heterocycles. The Balaban J connectivity index is 1.97. The van der Waals surface area contributed by atoms with Gasteiger partial charge in [-0.15, -0.1) is 10.2 Å². The first-order valence-electron chi connectivity index (χ1n) is 7.26. The van der Waals surface area contributed by atoms with E-state index >= 15 is 0 Å². The third-order valence-corrected chi connectivity index (χ3v) is 4.63. The molecule has 1 aromatic carbocycles. The van der Waals surface area contributed by atoms with E-state index in [0.717, 1.165) is 0 Å². The number of hydrogen-bond acceptors (Lipinski definition) is 5. The highest BCUT2D eigenvalue weighted by molar-refractivity contribution is 8.00. The van der Waals surface area contributed by atoms with Crippen LogP contribution in [-0.2, 0) is 23.1 Å². The van der Waals surface area contributed by atoms with Gasteiger partial charge >= 0.3 is 0 Å². The fraction of sp³-hybridized carbons (Fsp3) is 0.333. The first-order valence-corrected chi connectivity index (χ1v) is 8.52. The average molecular weight is 368 g/mol. The number of carbonyl (C=O) groups excluding carboxylic acids is 2. The van der Waals surface area contributed by atoms with Crippen LogP contribution in [-0.4, -0.2) is 31.8 Å². The van der Waals surface area contributed by atoms with Crippen molar-refractivity contribution in [3.63, 3.8) is 0 Å². The van der Waals surface area contributed by atoms with Gasteiger partial charge in [0, 0.05) is 30.6 Å². The smallest absolute Gasteiger partial charge is 0.237 e. The number of amides is 2. The van der Waals surface area contributed by atoms with Crippen molar-refractivity contribution in [2.75, 3.05) is 5.32 Å². The van der Waals surface area contributed by atoms with E-state index in [9.17, 15) is 9.59 Å².